The van der Waals surface area contributed by atoms with Crippen molar-refractivity contribution in [3.8, 4) is 0 Å². The molecule has 1 saturated heterocycles. The number of aromatic amines is 1. The zero-order chi connectivity index (χ0) is 14.4. The number of hydrogen-bond donors (Lipinski definition) is 1. The van der Waals surface area contributed by atoms with Crippen LogP contribution in [0.3, 0.4) is 0 Å². The summed E-state index contributed by atoms with van der Waals surface area (Å²) in [5.41, 5.74) is 3.10. The summed E-state index contributed by atoms with van der Waals surface area (Å²) in [4.78, 5) is 17.6. The molecule has 1 aromatic heterocycles. The number of amides is 1. The summed E-state index contributed by atoms with van der Waals surface area (Å²) in [7, 11) is 0. The smallest absolute Gasteiger partial charge is 0.252 e. The van der Waals surface area contributed by atoms with Crippen molar-refractivity contribution in [2.75, 3.05) is 13.2 Å². The van der Waals surface area contributed by atoms with E-state index in [4.69, 9.17) is 4.74 Å². The second-order valence-corrected chi connectivity index (χ2v) is 5.78. The average Bonchev–Trinajstić information content (AvgIpc) is 3.13. The first-order valence-corrected chi connectivity index (χ1v) is 7.42. The van der Waals surface area contributed by atoms with Gasteiger partial charge in [-0.2, -0.15) is 0 Å². The number of halogens is 1. The van der Waals surface area contributed by atoms with Gasteiger partial charge in [-0.25, -0.2) is 4.39 Å². The van der Waals surface area contributed by atoms with E-state index in [0.29, 0.717) is 19.7 Å². The first kappa shape index (κ1) is 12.8. The second-order valence-electron chi connectivity index (χ2n) is 5.78. The number of aromatic nitrogens is 1. The van der Waals surface area contributed by atoms with E-state index >= 15 is 0 Å². The third-order valence-electron chi connectivity index (χ3n) is 4.45. The van der Waals surface area contributed by atoms with Gasteiger partial charge in [-0.1, -0.05) is 0 Å². The lowest BCUT2D eigenvalue weighted by atomic mass is 10.0. The summed E-state index contributed by atoms with van der Waals surface area (Å²) >= 11 is 0. The van der Waals surface area contributed by atoms with Gasteiger partial charge in [0.05, 0.1) is 0 Å². The predicted octanol–water partition coefficient (Wildman–Crippen LogP) is 2.37. The summed E-state index contributed by atoms with van der Waals surface area (Å²) in [6.45, 7) is 1.91. The van der Waals surface area contributed by atoms with E-state index in [1.165, 1.54) is 6.07 Å². The Morgan fingerprint density at radius 3 is 3.14 bits per heavy atom. The van der Waals surface area contributed by atoms with Crippen molar-refractivity contribution in [1.29, 1.82) is 0 Å². The lowest BCUT2D eigenvalue weighted by molar-refractivity contribution is -0.141. The Hall–Kier alpha value is -1.88. The van der Waals surface area contributed by atoms with Gasteiger partial charge in [0.1, 0.15) is 11.9 Å². The molecule has 1 N–H and O–H groups in total. The Kier molecular flexibility index (Phi) is 2.96. The molecule has 0 saturated carbocycles. The first-order chi connectivity index (χ1) is 10.2. The van der Waals surface area contributed by atoms with Gasteiger partial charge in [0.2, 0.25) is 0 Å². The number of hydrogen-bond acceptors (Lipinski definition) is 2. The highest BCUT2D eigenvalue weighted by atomic mass is 19.1. The molecule has 2 aliphatic heterocycles. The topological polar surface area (TPSA) is 45.3 Å². The standard InChI is InChI=1S/C16H17FN2O2/c17-10-3-4-13-11(8-10)12-9-19(6-5-14(12)18-13)16(20)15-2-1-7-21-15/h3-4,8,15,18H,1-2,5-7,9H2. The molecule has 0 radical (unpaired) electrons. The molecule has 0 spiro atoms. The van der Waals surface area contributed by atoms with Crippen LogP contribution >= 0.6 is 0 Å². The molecule has 2 aliphatic rings. The maximum absolute atomic E-state index is 13.5. The molecule has 0 aliphatic carbocycles. The van der Waals surface area contributed by atoms with E-state index in [0.717, 1.165) is 41.4 Å². The van der Waals surface area contributed by atoms with Crippen molar-refractivity contribution in [3.05, 3.63) is 35.3 Å². The molecule has 4 rings (SSSR count). The third kappa shape index (κ3) is 2.12. The van der Waals surface area contributed by atoms with Crippen LogP contribution in [0.1, 0.15) is 24.1 Å². The van der Waals surface area contributed by atoms with Crippen molar-refractivity contribution in [1.82, 2.24) is 9.88 Å². The Balaban J connectivity index is 1.65. The SMILES string of the molecule is O=C(C1CCCO1)N1CCc2[nH]c3ccc(F)cc3c2C1. The van der Waals surface area contributed by atoms with Crippen LogP contribution in [0.2, 0.25) is 0 Å². The van der Waals surface area contributed by atoms with Crippen molar-refractivity contribution in [2.24, 2.45) is 0 Å². The molecule has 1 amide bonds. The Labute approximate surface area is 121 Å². The van der Waals surface area contributed by atoms with Crippen molar-refractivity contribution in [2.45, 2.75) is 31.9 Å². The minimum atomic E-state index is -0.284. The van der Waals surface area contributed by atoms with E-state index < -0.39 is 0 Å². The zero-order valence-electron chi connectivity index (χ0n) is 11.7. The summed E-state index contributed by atoms with van der Waals surface area (Å²) in [5.74, 6) is -0.171. The lowest BCUT2D eigenvalue weighted by Crippen LogP contribution is -2.41. The van der Waals surface area contributed by atoms with Gasteiger partial charge in [0.15, 0.2) is 0 Å². The molecule has 2 aromatic rings. The zero-order valence-corrected chi connectivity index (χ0v) is 11.7. The van der Waals surface area contributed by atoms with Crippen molar-refractivity contribution < 1.29 is 13.9 Å². The number of benzene rings is 1. The number of H-pyrrole nitrogens is 1. The number of nitrogens with one attached hydrogen (secondary N) is 1. The highest BCUT2D eigenvalue weighted by Gasteiger charge is 2.31. The fourth-order valence-corrected chi connectivity index (χ4v) is 3.35. The summed E-state index contributed by atoms with van der Waals surface area (Å²) in [6.07, 6.45) is 2.26. The highest BCUT2D eigenvalue weighted by Crippen LogP contribution is 2.29. The largest absolute Gasteiger partial charge is 0.368 e. The number of carbonyl (C=O) groups excluding carboxylic acids is 1. The Morgan fingerprint density at radius 1 is 1.43 bits per heavy atom. The molecule has 5 heteroatoms. The van der Waals surface area contributed by atoms with E-state index in [1.54, 1.807) is 12.1 Å². The summed E-state index contributed by atoms with van der Waals surface area (Å²) < 4.78 is 19.0. The summed E-state index contributed by atoms with van der Waals surface area (Å²) in [5, 5.41) is 0.884. The maximum Gasteiger partial charge on any atom is 0.252 e. The third-order valence-corrected chi connectivity index (χ3v) is 4.45. The van der Waals surface area contributed by atoms with Crippen LogP contribution in [-0.2, 0) is 22.5 Å². The number of carbonyl (C=O) groups is 1. The number of rotatable bonds is 1. The minimum Gasteiger partial charge on any atom is -0.368 e. The van der Waals surface area contributed by atoms with Crippen LogP contribution in [-0.4, -0.2) is 35.0 Å². The van der Waals surface area contributed by atoms with Gasteiger partial charge in [-0.15, -0.1) is 0 Å². The lowest BCUT2D eigenvalue weighted by Gasteiger charge is -2.29. The van der Waals surface area contributed by atoms with Crippen LogP contribution in [0.4, 0.5) is 4.39 Å². The van der Waals surface area contributed by atoms with Crippen LogP contribution in [0.25, 0.3) is 10.9 Å². The first-order valence-electron chi connectivity index (χ1n) is 7.42. The number of fused-ring (bicyclic) bond motifs is 3. The van der Waals surface area contributed by atoms with E-state index in [2.05, 4.69) is 4.98 Å². The van der Waals surface area contributed by atoms with Gasteiger partial charge >= 0.3 is 0 Å². The van der Waals surface area contributed by atoms with Gasteiger partial charge in [0, 0.05) is 48.3 Å². The van der Waals surface area contributed by atoms with Gasteiger partial charge in [-0.3, -0.25) is 4.79 Å². The fourth-order valence-electron chi connectivity index (χ4n) is 3.35. The molecule has 0 bridgehead atoms. The van der Waals surface area contributed by atoms with Gasteiger partial charge in [0.25, 0.3) is 5.91 Å². The molecule has 1 fully saturated rings. The maximum atomic E-state index is 13.5. The van der Waals surface area contributed by atoms with E-state index in [9.17, 15) is 9.18 Å². The fraction of sp³-hybridized carbons (Fsp3) is 0.438. The predicted molar refractivity (Wildman–Crippen MR) is 76.4 cm³/mol. The molecule has 1 atom stereocenters. The monoisotopic (exact) mass is 288 g/mol. The quantitative estimate of drug-likeness (QED) is 0.875. The number of nitrogens with zero attached hydrogens (tertiary/aromatic N) is 1. The molecule has 1 unspecified atom stereocenters. The van der Waals surface area contributed by atoms with Crippen molar-refractivity contribution >= 4 is 16.8 Å². The van der Waals surface area contributed by atoms with Crippen LogP contribution in [0.15, 0.2) is 18.2 Å². The van der Waals surface area contributed by atoms with E-state index in [-0.39, 0.29) is 17.8 Å². The molecule has 21 heavy (non-hydrogen) atoms. The second kappa shape index (κ2) is 4.84. The molecule has 4 nitrogen and oxygen atoms in total. The van der Waals surface area contributed by atoms with E-state index in [1.807, 2.05) is 4.90 Å². The Morgan fingerprint density at radius 2 is 2.33 bits per heavy atom. The molecular weight excluding hydrogens is 271 g/mol. The molecular formula is C16H17FN2O2. The highest BCUT2D eigenvalue weighted by molar-refractivity contribution is 5.87. The van der Waals surface area contributed by atoms with Crippen LogP contribution in [0, 0.1) is 5.82 Å². The normalized spacial score (nSPS) is 21.8. The van der Waals surface area contributed by atoms with Crippen LogP contribution < -0.4 is 0 Å². The number of ether oxygens (including phenoxy) is 1. The Bertz CT molecular complexity index is 704. The van der Waals surface area contributed by atoms with Crippen LogP contribution in [0.5, 0.6) is 0 Å². The van der Waals surface area contributed by atoms with Crippen molar-refractivity contribution in [3.63, 3.8) is 0 Å². The van der Waals surface area contributed by atoms with Gasteiger partial charge in [-0.05, 0) is 31.0 Å². The summed E-state index contributed by atoms with van der Waals surface area (Å²) in [6, 6.07) is 4.76. The molecule has 1 aromatic carbocycles. The average molecular weight is 288 g/mol. The molecule has 3 heterocycles. The van der Waals surface area contributed by atoms with Gasteiger partial charge < -0.3 is 14.6 Å². The molecule has 110 valence electrons. The minimum absolute atomic E-state index is 0.0731.